The van der Waals surface area contributed by atoms with Crippen molar-refractivity contribution in [3.63, 3.8) is 0 Å². The first-order chi connectivity index (χ1) is 12.7. The molecule has 0 fully saturated rings. The van der Waals surface area contributed by atoms with E-state index in [1.165, 1.54) is 13.3 Å². The van der Waals surface area contributed by atoms with Gasteiger partial charge in [-0.3, -0.25) is 0 Å². The van der Waals surface area contributed by atoms with Crippen LogP contribution in [0.15, 0.2) is 6.20 Å². The van der Waals surface area contributed by atoms with Crippen molar-refractivity contribution in [3.8, 4) is 0 Å². The third kappa shape index (κ3) is 6.47. The SMILES string of the molecule is COC(=O)c1nc(C(C)C)cnc1N(C(=O)OC(C)(C)C)C(=O)OC(C)(C)C. The first kappa shape index (κ1) is 23.3. The topological polar surface area (TPSA) is 108 Å². The molecule has 9 nitrogen and oxygen atoms in total. The molecule has 0 bridgehead atoms. The fourth-order valence-corrected chi connectivity index (χ4v) is 1.93. The number of imide groups is 1. The Balaban J connectivity index is 3.57. The van der Waals surface area contributed by atoms with Gasteiger partial charge in [-0.2, -0.15) is 4.90 Å². The van der Waals surface area contributed by atoms with Gasteiger partial charge in [-0.1, -0.05) is 13.8 Å². The van der Waals surface area contributed by atoms with Crippen molar-refractivity contribution < 1.29 is 28.6 Å². The minimum atomic E-state index is -1.04. The van der Waals surface area contributed by atoms with Gasteiger partial charge >= 0.3 is 18.2 Å². The molecule has 0 aliphatic heterocycles. The molecule has 2 amide bonds. The lowest BCUT2D eigenvalue weighted by Crippen LogP contribution is -2.45. The minimum Gasteiger partial charge on any atom is -0.464 e. The van der Waals surface area contributed by atoms with E-state index < -0.39 is 29.4 Å². The Labute approximate surface area is 165 Å². The molecule has 1 rings (SSSR count). The Morgan fingerprint density at radius 2 is 1.43 bits per heavy atom. The average molecular weight is 395 g/mol. The zero-order valence-corrected chi connectivity index (χ0v) is 17.9. The van der Waals surface area contributed by atoms with Gasteiger partial charge in [0.15, 0.2) is 11.5 Å². The van der Waals surface area contributed by atoms with E-state index in [1.54, 1.807) is 41.5 Å². The van der Waals surface area contributed by atoms with Gasteiger partial charge in [0.1, 0.15) is 11.2 Å². The van der Waals surface area contributed by atoms with Gasteiger partial charge < -0.3 is 14.2 Å². The number of amides is 2. The van der Waals surface area contributed by atoms with Gasteiger partial charge in [0, 0.05) is 0 Å². The maximum atomic E-state index is 12.8. The first-order valence-electron chi connectivity index (χ1n) is 8.87. The predicted molar refractivity (Wildman–Crippen MR) is 102 cm³/mol. The summed E-state index contributed by atoms with van der Waals surface area (Å²) in [6.07, 6.45) is -0.703. The van der Waals surface area contributed by atoms with E-state index in [9.17, 15) is 14.4 Å². The summed E-state index contributed by atoms with van der Waals surface area (Å²) in [6, 6.07) is 0. The van der Waals surface area contributed by atoms with Crippen molar-refractivity contribution in [2.24, 2.45) is 0 Å². The molecule has 0 saturated carbocycles. The maximum absolute atomic E-state index is 12.8. The molecular formula is C19H29N3O6. The number of carbonyl (C=O) groups excluding carboxylic acids is 3. The molecule has 0 aliphatic rings. The Kier molecular flexibility index (Phi) is 7.11. The predicted octanol–water partition coefficient (Wildman–Crippen LogP) is 4.06. The number of nitrogens with zero attached hydrogens (tertiary/aromatic N) is 3. The molecule has 28 heavy (non-hydrogen) atoms. The van der Waals surface area contributed by atoms with Gasteiger partial charge in [0.2, 0.25) is 0 Å². The molecule has 0 unspecified atom stereocenters. The third-order valence-electron chi connectivity index (χ3n) is 3.11. The highest BCUT2D eigenvalue weighted by Crippen LogP contribution is 2.24. The summed E-state index contributed by atoms with van der Waals surface area (Å²) in [5.41, 5.74) is -1.58. The summed E-state index contributed by atoms with van der Waals surface area (Å²) in [6.45, 7) is 13.6. The Morgan fingerprint density at radius 1 is 0.964 bits per heavy atom. The second-order valence-corrected chi connectivity index (χ2v) is 8.41. The standard InChI is InChI=1S/C19H29N3O6/c1-11(2)12-10-20-14(13(21-12)15(23)26-9)22(16(24)27-18(3,4)5)17(25)28-19(6,7)8/h10-11H,1-9H3. The lowest BCUT2D eigenvalue weighted by molar-refractivity contribution is 0.0428. The number of carbonyl (C=O) groups is 3. The molecule has 0 aromatic carbocycles. The summed E-state index contributed by atoms with van der Waals surface area (Å²) in [5, 5.41) is 0. The van der Waals surface area contributed by atoms with E-state index in [0.29, 0.717) is 10.6 Å². The van der Waals surface area contributed by atoms with Crippen LogP contribution in [0.25, 0.3) is 0 Å². The van der Waals surface area contributed by atoms with Crippen molar-refractivity contribution in [2.45, 2.75) is 72.5 Å². The monoisotopic (exact) mass is 395 g/mol. The molecule has 1 heterocycles. The lowest BCUT2D eigenvalue weighted by Gasteiger charge is -2.28. The Hall–Kier alpha value is -2.71. The zero-order chi connectivity index (χ0) is 21.9. The fraction of sp³-hybridized carbons (Fsp3) is 0.632. The largest absolute Gasteiger partial charge is 0.464 e. The maximum Gasteiger partial charge on any atom is 0.425 e. The van der Waals surface area contributed by atoms with Crippen LogP contribution in [0, 0.1) is 0 Å². The van der Waals surface area contributed by atoms with E-state index in [1.807, 2.05) is 13.8 Å². The van der Waals surface area contributed by atoms with E-state index in [0.717, 1.165) is 0 Å². The van der Waals surface area contributed by atoms with Crippen LogP contribution in [0.4, 0.5) is 15.4 Å². The van der Waals surface area contributed by atoms with Crippen LogP contribution in [0.2, 0.25) is 0 Å². The molecule has 1 aromatic rings. The molecule has 1 aromatic heterocycles. The van der Waals surface area contributed by atoms with E-state index in [4.69, 9.17) is 14.2 Å². The number of esters is 1. The second kappa shape index (κ2) is 8.53. The molecule has 0 N–H and O–H groups in total. The van der Waals surface area contributed by atoms with Crippen LogP contribution in [0.5, 0.6) is 0 Å². The van der Waals surface area contributed by atoms with Crippen LogP contribution >= 0.6 is 0 Å². The quantitative estimate of drug-likeness (QED) is 0.557. The number of rotatable bonds is 3. The number of methoxy groups -OCH3 is 1. The molecular weight excluding hydrogens is 366 g/mol. The minimum absolute atomic E-state index is 0.0403. The normalized spacial score (nSPS) is 11.8. The number of hydrogen-bond acceptors (Lipinski definition) is 8. The summed E-state index contributed by atoms with van der Waals surface area (Å²) in [4.78, 5) is 46.7. The molecule has 156 valence electrons. The van der Waals surface area contributed by atoms with Gasteiger partial charge in [0.05, 0.1) is 19.0 Å². The summed E-state index contributed by atoms with van der Waals surface area (Å²) < 4.78 is 15.4. The van der Waals surface area contributed by atoms with Crippen LogP contribution in [0.3, 0.4) is 0 Å². The van der Waals surface area contributed by atoms with Gasteiger partial charge in [0.25, 0.3) is 0 Å². The third-order valence-corrected chi connectivity index (χ3v) is 3.11. The van der Waals surface area contributed by atoms with Gasteiger partial charge in [-0.25, -0.2) is 24.4 Å². The first-order valence-corrected chi connectivity index (χ1v) is 8.87. The molecule has 0 saturated heterocycles. The summed E-state index contributed by atoms with van der Waals surface area (Å²) in [5.74, 6) is -1.21. The molecule has 9 heteroatoms. The van der Waals surface area contributed by atoms with Crippen molar-refractivity contribution >= 4 is 24.0 Å². The Morgan fingerprint density at radius 3 is 1.79 bits per heavy atom. The van der Waals surface area contributed by atoms with Crippen molar-refractivity contribution in [3.05, 3.63) is 17.6 Å². The highest BCUT2D eigenvalue weighted by Gasteiger charge is 2.37. The molecule has 0 spiro atoms. The average Bonchev–Trinajstić information content (AvgIpc) is 2.50. The number of ether oxygens (including phenoxy) is 3. The number of aromatic nitrogens is 2. The van der Waals surface area contributed by atoms with Gasteiger partial charge in [-0.15, -0.1) is 0 Å². The lowest BCUT2D eigenvalue weighted by atomic mass is 10.1. The van der Waals surface area contributed by atoms with Crippen molar-refractivity contribution in [2.75, 3.05) is 12.0 Å². The van der Waals surface area contributed by atoms with Crippen LogP contribution in [-0.4, -0.2) is 46.4 Å². The van der Waals surface area contributed by atoms with Crippen LogP contribution < -0.4 is 4.90 Å². The van der Waals surface area contributed by atoms with Crippen molar-refractivity contribution in [1.82, 2.24) is 9.97 Å². The highest BCUT2D eigenvalue weighted by atomic mass is 16.6. The van der Waals surface area contributed by atoms with Crippen molar-refractivity contribution in [1.29, 1.82) is 0 Å². The second-order valence-electron chi connectivity index (χ2n) is 8.41. The van der Waals surface area contributed by atoms with E-state index in [2.05, 4.69) is 9.97 Å². The van der Waals surface area contributed by atoms with E-state index in [-0.39, 0.29) is 17.4 Å². The fourth-order valence-electron chi connectivity index (χ4n) is 1.93. The number of anilines is 1. The van der Waals surface area contributed by atoms with Crippen LogP contribution in [-0.2, 0) is 14.2 Å². The summed E-state index contributed by atoms with van der Waals surface area (Å²) in [7, 11) is 1.17. The smallest absolute Gasteiger partial charge is 0.425 e. The molecule has 0 aliphatic carbocycles. The summed E-state index contributed by atoms with van der Waals surface area (Å²) >= 11 is 0. The Bertz CT molecular complexity index is 719. The zero-order valence-electron chi connectivity index (χ0n) is 17.9. The van der Waals surface area contributed by atoms with Crippen LogP contribution in [0.1, 0.15) is 77.5 Å². The van der Waals surface area contributed by atoms with Gasteiger partial charge in [-0.05, 0) is 47.5 Å². The highest BCUT2D eigenvalue weighted by molar-refractivity contribution is 6.11. The number of hydrogen-bond donors (Lipinski definition) is 0. The molecule has 0 atom stereocenters. The van der Waals surface area contributed by atoms with E-state index >= 15 is 0 Å². The molecule has 0 radical (unpaired) electrons.